The van der Waals surface area contributed by atoms with Crippen LogP contribution in [0.3, 0.4) is 0 Å². The number of carbonyl (C=O) groups excluding carboxylic acids is 1. The highest BCUT2D eigenvalue weighted by molar-refractivity contribution is 7.92. The van der Waals surface area contributed by atoms with Gasteiger partial charge in [-0.25, -0.2) is 17.8 Å². The van der Waals surface area contributed by atoms with Crippen LogP contribution in [0, 0.1) is 5.82 Å². The fourth-order valence-corrected chi connectivity index (χ4v) is 8.43. The number of hydrogen-bond donors (Lipinski definition) is 1. The standard InChI is InChI=1S/C33H42FN7O3S/c1-21(2)41-19-33(20-41)30-25-15-24(26(34)16-27(25)35-18-29(30)38(3)32(33)42)22-14-28(37-45(4,43)44)31(36-17-22)40-12-8-23(9-13-40)39-10-6-5-7-11-39/h14-18,21,23,37H,5-13,19-20H2,1-4H3. The first kappa shape index (κ1) is 30.3. The summed E-state index contributed by atoms with van der Waals surface area (Å²) in [6.45, 7) is 9.26. The number of fused-ring (bicyclic) bond motifs is 4. The molecule has 1 amide bonds. The summed E-state index contributed by atoms with van der Waals surface area (Å²) < 4.78 is 43.4. The molecule has 0 unspecified atom stereocenters. The molecule has 2 aromatic heterocycles. The number of piperidine rings is 2. The van der Waals surface area contributed by atoms with Crippen LogP contribution in [-0.2, 0) is 20.2 Å². The van der Waals surface area contributed by atoms with Gasteiger partial charge in [-0.1, -0.05) is 6.42 Å². The van der Waals surface area contributed by atoms with Gasteiger partial charge in [0.25, 0.3) is 0 Å². The third-order valence-electron chi connectivity index (χ3n) is 10.3. The van der Waals surface area contributed by atoms with Crippen molar-refractivity contribution in [2.75, 3.05) is 67.1 Å². The molecule has 3 fully saturated rings. The summed E-state index contributed by atoms with van der Waals surface area (Å²) in [5.41, 5.74) is 2.49. The molecular weight excluding hydrogens is 593 g/mol. The first-order chi connectivity index (χ1) is 21.4. The van der Waals surface area contributed by atoms with E-state index in [0.717, 1.165) is 61.9 Å². The number of anilines is 3. The number of rotatable bonds is 6. The van der Waals surface area contributed by atoms with Crippen LogP contribution in [0.25, 0.3) is 22.0 Å². The summed E-state index contributed by atoms with van der Waals surface area (Å²) in [7, 11) is -1.86. The van der Waals surface area contributed by atoms with Crippen molar-refractivity contribution in [3.8, 4) is 11.1 Å². The summed E-state index contributed by atoms with van der Waals surface area (Å²) in [6.07, 6.45) is 10.2. The number of aromatic nitrogens is 2. The van der Waals surface area contributed by atoms with Crippen LogP contribution in [-0.4, -0.2) is 98.7 Å². The Morgan fingerprint density at radius 1 is 1.00 bits per heavy atom. The van der Waals surface area contributed by atoms with Crippen molar-refractivity contribution in [3.05, 3.63) is 42.0 Å². The molecule has 4 aliphatic heterocycles. The van der Waals surface area contributed by atoms with E-state index < -0.39 is 21.3 Å². The molecule has 7 rings (SSSR count). The number of benzene rings is 1. The fourth-order valence-electron chi connectivity index (χ4n) is 7.88. The Bertz CT molecular complexity index is 1760. The Hall–Kier alpha value is -3.35. The van der Waals surface area contributed by atoms with Gasteiger partial charge in [0, 0.05) is 79.7 Å². The first-order valence-corrected chi connectivity index (χ1v) is 18.0. The molecule has 0 radical (unpaired) electrons. The van der Waals surface area contributed by atoms with Gasteiger partial charge in [-0.2, -0.15) is 0 Å². The molecule has 3 aromatic rings. The van der Waals surface area contributed by atoms with E-state index in [-0.39, 0.29) is 11.5 Å². The number of pyridine rings is 2. The lowest BCUT2D eigenvalue weighted by Crippen LogP contribution is -2.65. The van der Waals surface area contributed by atoms with Crippen LogP contribution in [0.4, 0.5) is 21.6 Å². The second-order valence-electron chi connectivity index (χ2n) is 13.6. The highest BCUT2D eigenvalue weighted by atomic mass is 32.2. The normalized spacial score (nSPS) is 21.2. The SMILES string of the molecule is CC(C)N1CC2(C1)C(=O)N(C)c1cnc3cc(F)c(-c4cnc(N5CCC(N6CCCCC6)CC5)c(NS(C)(=O)=O)c4)cc3c12. The maximum absolute atomic E-state index is 15.8. The molecule has 10 nitrogen and oxygen atoms in total. The summed E-state index contributed by atoms with van der Waals surface area (Å²) in [5, 5.41) is 0.728. The van der Waals surface area contributed by atoms with Gasteiger partial charge in [0.2, 0.25) is 15.9 Å². The predicted molar refractivity (Wildman–Crippen MR) is 176 cm³/mol. The molecule has 4 aliphatic rings. The zero-order chi connectivity index (χ0) is 31.7. The number of carbonyl (C=O) groups is 1. The second kappa shape index (κ2) is 11.2. The second-order valence-corrected chi connectivity index (χ2v) is 15.3. The lowest BCUT2D eigenvalue weighted by atomic mass is 9.72. The number of likely N-dealkylation sites (tertiary alicyclic amines) is 2. The smallest absolute Gasteiger partial charge is 0.240 e. The van der Waals surface area contributed by atoms with Crippen LogP contribution < -0.4 is 14.5 Å². The maximum Gasteiger partial charge on any atom is 0.240 e. The van der Waals surface area contributed by atoms with Gasteiger partial charge in [0.15, 0.2) is 5.82 Å². The molecule has 0 aliphatic carbocycles. The highest BCUT2D eigenvalue weighted by Gasteiger charge is 2.58. The minimum absolute atomic E-state index is 0.0318. The van der Waals surface area contributed by atoms with Gasteiger partial charge in [-0.15, -0.1) is 0 Å². The highest BCUT2D eigenvalue weighted by Crippen LogP contribution is 2.50. The van der Waals surface area contributed by atoms with Crippen LogP contribution in [0.2, 0.25) is 0 Å². The van der Waals surface area contributed by atoms with Crippen LogP contribution >= 0.6 is 0 Å². The minimum atomic E-state index is -3.63. The zero-order valence-corrected chi connectivity index (χ0v) is 27.3. The quantitative estimate of drug-likeness (QED) is 0.430. The largest absolute Gasteiger partial charge is 0.355 e. The van der Waals surface area contributed by atoms with E-state index in [2.05, 4.69) is 38.3 Å². The third-order valence-corrected chi connectivity index (χ3v) is 10.9. The molecule has 0 atom stereocenters. The van der Waals surface area contributed by atoms with Crippen molar-refractivity contribution in [1.29, 1.82) is 0 Å². The van der Waals surface area contributed by atoms with Crippen molar-refractivity contribution in [1.82, 2.24) is 19.8 Å². The van der Waals surface area contributed by atoms with Crippen molar-refractivity contribution in [2.24, 2.45) is 0 Å². The molecule has 240 valence electrons. The lowest BCUT2D eigenvalue weighted by molar-refractivity contribution is -0.130. The lowest BCUT2D eigenvalue weighted by Gasteiger charge is -2.49. The Kier molecular flexibility index (Phi) is 7.52. The van der Waals surface area contributed by atoms with Gasteiger partial charge < -0.3 is 14.7 Å². The van der Waals surface area contributed by atoms with E-state index in [4.69, 9.17) is 4.98 Å². The molecule has 0 saturated carbocycles. The van der Waals surface area contributed by atoms with Crippen LogP contribution in [0.15, 0.2) is 30.6 Å². The van der Waals surface area contributed by atoms with Crippen molar-refractivity contribution in [3.63, 3.8) is 0 Å². The van der Waals surface area contributed by atoms with Gasteiger partial charge in [0.05, 0.1) is 29.3 Å². The van der Waals surface area contributed by atoms with Crippen LogP contribution in [0.1, 0.15) is 51.5 Å². The topological polar surface area (TPSA) is 102 Å². The number of nitrogens with one attached hydrogen (secondary N) is 1. The Morgan fingerprint density at radius 3 is 2.38 bits per heavy atom. The molecular formula is C33H42FN7O3S. The van der Waals surface area contributed by atoms with Crippen molar-refractivity contribution >= 4 is 44.0 Å². The molecule has 45 heavy (non-hydrogen) atoms. The molecule has 1 spiro atoms. The molecule has 0 bridgehead atoms. The van der Waals surface area contributed by atoms with E-state index in [0.29, 0.717) is 47.8 Å². The average molecular weight is 636 g/mol. The molecule has 6 heterocycles. The van der Waals surface area contributed by atoms with E-state index in [9.17, 15) is 13.2 Å². The summed E-state index contributed by atoms with van der Waals surface area (Å²) in [4.78, 5) is 31.5. The summed E-state index contributed by atoms with van der Waals surface area (Å²) in [6, 6.07) is 5.68. The van der Waals surface area contributed by atoms with Crippen molar-refractivity contribution in [2.45, 2.75) is 63.5 Å². The Labute approximate surface area is 264 Å². The van der Waals surface area contributed by atoms with E-state index >= 15 is 4.39 Å². The molecule has 3 saturated heterocycles. The first-order valence-electron chi connectivity index (χ1n) is 16.1. The van der Waals surface area contributed by atoms with Crippen molar-refractivity contribution < 1.29 is 17.6 Å². The number of hydrogen-bond acceptors (Lipinski definition) is 8. The molecule has 1 N–H and O–H groups in total. The number of halogens is 1. The number of amides is 1. The van der Waals surface area contributed by atoms with E-state index in [1.807, 2.05) is 0 Å². The van der Waals surface area contributed by atoms with E-state index in [1.54, 1.807) is 36.5 Å². The summed E-state index contributed by atoms with van der Waals surface area (Å²) >= 11 is 0. The number of nitrogens with zero attached hydrogens (tertiary/aromatic N) is 6. The van der Waals surface area contributed by atoms with E-state index in [1.165, 1.54) is 25.3 Å². The minimum Gasteiger partial charge on any atom is -0.355 e. The molecule has 12 heteroatoms. The number of likely N-dealkylation sites (N-methyl/N-ethyl adjacent to an activating group) is 1. The molecule has 1 aromatic carbocycles. The monoisotopic (exact) mass is 635 g/mol. The zero-order valence-electron chi connectivity index (χ0n) is 26.5. The average Bonchev–Trinajstić information content (AvgIpc) is 3.22. The maximum atomic E-state index is 15.8. The van der Waals surface area contributed by atoms with Gasteiger partial charge in [0.1, 0.15) is 11.2 Å². The van der Waals surface area contributed by atoms with Gasteiger partial charge in [-0.3, -0.25) is 19.4 Å². The number of sulfonamides is 1. The predicted octanol–water partition coefficient (Wildman–Crippen LogP) is 4.20. The third kappa shape index (κ3) is 5.24. The Morgan fingerprint density at radius 2 is 1.71 bits per heavy atom. The van der Waals surface area contributed by atoms with Crippen LogP contribution in [0.5, 0.6) is 0 Å². The Balaban J connectivity index is 1.26. The van der Waals surface area contributed by atoms with Gasteiger partial charge >= 0.3 is 0 Å². The fraction of sp³-hybridized carbons (Fsp3) is 0.545. The summed E-state index contributed by atoms with van der Waals surface area (Å²) in [5.74, 6) is 0.102. The van der Waals surface area contributed by atoms with Gasteiger partial charge in [-0.05, 0) is 64.8 Å².